The lowest BCUT2D eigenvalue weighted by Gasteiger charge is -2.47. The van der Waals surface area contributed by atoms with Crippen molar-refractivity contribution in [1.82, 2.24) is 9.80 Å². The third kappa shape index (κ3) is 2.70. The van der Waals surface area contributed by atoms with Crippen LogP contribution in [0.5, 0.6) is 0 Å². The number of urea groups is 1. The molecule has 0 aromatic heterocycles. The van der Waals surface area contributed by atoms with Crippen molar-refractivity contribution in [3.8, 4) is 0 Å². The molecule has 3 nitrogen and oxygen atoms in total. The monoisotopic (exact) mass is 334 g/mol. The van der Waals surface area contributed by atoms with Crippen LogP contribution in [-0.2, 0) is 0 Å². The maximum atomic E-state index is 12.1. The Morgan fingerprint density at radius 2 is 2.06 bits per heavy atom. The molecule has 2 amide bonds. The third-order valence-corrected chi connectivity index (χ3v) is 4.14. The highest BCUT2D eigenvalue weighted by Crippen LogP contribution is 2.30. The predicted octanol–water partition coefficient (Wildman–Crippen LogP) is 2.86. The first-order valence-electron chi connectivity index (χ1n) is 5.86. The molecule has 16 heavy (non-hydrogen) atoms. The van der Waals surface area contributed by atoms with E-state index in [1.165, 1.54) is 3.58 Å². The SMILES string of the molecule is CC1(C)CN(C(=O)N2CC=C(I)CCC2)C1. The molecule has 0 radical (unpaired) electrons. The van der Waals surface area contributed by atoms with E-state index in [1.807, 2.05) is 9.80 Å². The van der Waals surface area contributed by atoms with Crippen LogP contribution in [0.25, 0.3) is 0 Å². The average Bonchev–Trinajstić information content (AvgIpc) is 2.38. The van der Waals surface area contributed by atoms with Gasteiger partial charge in [0.2, 0.25) is 0 Å². The van der Waals surface area contributed by atoms with E-state index < -0.39 is 0 Å². The standard InChI is InChI=1S/C12H19IN2O/c1-12(2)8-15(9-12)11(16)14-6-3-4-10(13)5-7-14/h5H,3-4,6-9H2,1-2H3. The Balaban J connectivity index is 1.90. The van der Waals surface area contributed by atoms with Gasteiger partial charge in [-0.3, -0.25) is 0 Å². The topological polar surface area (TPSA) is 23.6 Å². The Hall–Kier alpha value is -0.260. The quantitative estimate of drug-likeness (QED) is 0.625. The number of carbonyl (C=O) groups is 1. The number of allylic oxidation sites excluding steroid dienone is 1. The summed E-state index contributed by atoms with van der Waals surface area (Å²) in [6, 6.07) is 0.224. The fraction of sp³-hybridized carbons (Fsp3) is 0.750. The second kappa shape index (κ2) is 4.55. The summed E-state index contributed by atoms with van der Waals surface area (Å²) >= 11 is 2.37. The zero-order valence-corrected chi connectivity index (χ0v) is 12.2. The number of rotatable bonds is 0. The van der Waals surface area contributed by atoms with Crippen molar-refractivity contribution in [3.05, 3.63) is 9.66 Å². The highest BCUT2D eigenvalue weighted by molar-refractivity contribution is 14.1. The van der Waals surface area contributed by atoms with Crippen molar-refractivity contribution in [2.75, 3.05) is 26.2 Å². The number of carbonyl (C=O) groups excluding carboxylic acids is 1. The summed E-state index contributed by atoms with van der Waals surface area (Å²) in [4.78, 5) is 16.1. The van der Waals surface area contributed by atoms with Crippen LogP contribution in [0.3, 0.4) is 0 Å². The highest BCUT2D eigenvalue weighted by atomic mass is 127. The molecule has 0 N–H and O–H groups in total. The predicted molar refractivity (Wildman–Crippen MR) is 73.7 cm³/mol. The largest absolute Gasteiger partial charge is 0.323 e. The summed E-state index contributed by atoms with van der Waals surface area (Å²) in [6.45, 7) is 7.92. The molecule has 2 aliphatic rings. The van der Waals surface area contributed by atoms with E-state index in [0.717, 1.165) is 39.0 Å². The zero-order valence-electron chi connectivity index (χ0n) is 10.0. The van der Waals surface area contributed by atoms with Crippen LogP contribution in [0.2, 0.25) is 0 Å². The molecule has 2 heterocycles. The summed E-state index contributed by atoms with van der Waals surface area (Å²) in [7, 11) is 0. The van der Waals surface area contributed by atoms with E-state index in [0.29, 0.717) is 5.41 Å². The van der Waals surface area contributed by atoms with Gasteiger partial charge >= 0.3 is 6.03 Å². The third-order valence-electron chi connectivity index (χ3n) is 3.16. The van der Waals surface area contributed by atoms with E-state index in [-0.39, 0.29) is 6.03 Å². The van der Waals surface area contributed by atoms with Crippen LogP contribution >= 0.6 is 22.6 Å². The number of amides is 2. The van der Waals surface area contributed by atoms with Crippen LogP contribution in [0.4, 0.5) is 4.79 Å². The van der Waals surface area contributed by atoms with Crippen LogP contribution in [-0.4, -0.2) is 42.0 Å². The first kappa shape index (κ1) is 12.2. The molecule has 0 unspecified atom stereocenters. The second-order valence-electron chi connectivity index (χ2n) is 5.50. The molecule has 0 saturated carbocycles. The van der Waals surface area contributed by atoms with Gasteiger partial charge in [0, 0.05) is 31.6 Å². The first-order valence-corrected chi connectivity index (χ1v) is 6.94. The van der Waals surface area contributed by atoms with Crippen molar-refractivity contribution in [3.63, 3.8) is 0 Å². The van der Waals surface area contributed by atoms with Gasteiger partial charge in [-0.25, -0.2) is 4.79 Å². The Morgan fingerprint density at radius 3 is 2.69 bits per heavy atom. The van der Waals surface area contributed by atoms with E-state index in [4.69, 9.17) is 0 Å². The van der Waals surface area contributed by atoms with Gasteiger partial charge in [0.15, 0.2) is 0 Å². The van der Waals surface area contributed by atoms with Gasteiger partial charge in [-0.2, -0.15) is 0 Å². The van der Waals surface area contributed by atoms with E-state index in [2.05, 4.69) is 42.5 Å². The summed E-state index contributed by atoms with van der Waals surface area (Å²) in [5, 5.41) is 0. The smallest absolute Gasteiger partial charge is 0.320 e. The zero-order chi connectivity index (χ0) is 11.8. The normalized spacial score (nSPS) is 24.6. The molecule has 0 aliphatic carbocycles. The molecular formula is C12H19IN2O. The molecular weight excluding hydrogens is 315 g/mol. The molecule has 0 atom stereocenters. The number of nitrogens with zero attached hydrogens (tertiary/aromatic N) is 2. The lowest BCUT2D eigenvalue weighted by molar-refractivity contribution is 0.0442. The van der Waals surface area contributed by atoms with Crippen LogP contribution in [0.1, 0.15) is 26.7 Å². The fourth-order valence-corrected chi connectivity index (χ4v) is 2.92. The van der Waals surface area contributed by atoms with Crippen molar-refractivity contribution in [2.24, 2.45) is 5.41 Å². The van der Waals surface area contributed by atoms with Gasteiger partial charge in [-0.1, -0.05) is 19.9 Å². The molecule has 1 fully saturated rings. The molecule has 2 rings (SSSR count). The summed E-state index contributed by atoms with van der Waals surface area (Å²) in [5.41, 5.74) is 0.325. The molecule has 0 aromatic carbocycles. The number of likely N-dealkylation sites (tertiary alicyclic amines) is 1. The minimum absolute atomic E-state index is 0.224. The lowest BCUT2D eigenvalue weighted by Crippen LogP contribution is -2.59. The molecule has 4 heteroatoms. The van der Waals surface area contributed by atoms with Crippen LogP contribution in [0.15, 0.2) is 9.66 Å². The minimum atomic E-state index is 0.224. The molecule has 0 bridgehead atoms. The van der Waals surface area contributed by atoms with Gasteiger partial charge in [0.05, 0.1) is 0 Å². The van der Waals surface area contributed by atoms with Gasteiger partial charge in [0.1, 0.15) is 0 Å². The maximum Gasteiger partial charge on any atom is 0.320 e. The van der Waals surface area contributed by atoms with Gasteiger partial charge in [0.25, 0.3) is 0 Å². The number of hydrogen-bond acceptors (Lipinski definition) is 1. The van der Waals surface area contributed by atoms with Crippen LogP contribution < -0.4 is 0 Å². The van der Waals surface area contributed by atoms with Crippen molar-refractivity contribution < 1.29 is 4.79 Å². The average molecular weight is 334 g/mol. The van der Waals surface area contributed by atoms with Gasteiger partial charge in [-0.05, 0) is 39.0 Å². The first-order chi connectivity index (χ1) is 7.48. The van der Waals surface area contributed by atoms with Gasteiger partial charge in [-0.15, -0.1) is 0 Å². The van der Waals surface area contributed by atoms with E-state index in [9.17, 15) is 4.79 Å². The van der Waals surface area contributed by atoms with E-state index in [1.54, 1.807) is 0 Å². The lowest BCUT2D eigenvalue weighted by atomic mass is 9.85. The summed E-state index contributed by atoms with van der Waals surface area (Å²) in [6.07, 6.45) is 4.39. The summed E-state index contributed by atoms with van der Waals surface area (Å²) < 4.78 is 1.39. The van der Waals surface area contributed by atoms with Crippen LogP contribution in [0, 0.1) is 5.41 Å². The fourth-order valence-electron chi connectivity index (χ4n) is 2.34. The second-order valence-corrected chi connectivity index (χ2v) is 6.89. The minimum Gasteiger partial charge on any atom is -0.323 e. The molecule has 0 spiro atoms. The Labute approximate surface area is 111 Å². The maximum absolute atomic E-state index is 12.1. The molecule has 90 valence electrons. The van der Waals surface area contributed by atoms with Crippen molar-refractivity contribution in [1.29, 1.82) is 0 Å². The number of hydrogen-bond donors (Lipinski definition) is 0. The van der Waals surface area contributed by atoms with Crippen molar-refractivity contribution >= 4 is 28.6 Å². The van der Waals surface area contributed by atoms with E-state index >= 15 is 0 Å². The molecule has 2 aliphatic heterocycles. The Bertz CT molecular complexity index is 317. The van der Waals surface area contributed by atoms with Gasteiger partial charge < -0.3 is 9.80 Å². The highest BCUT2D eigenvalue weighted by Gasteiger charge is 2.38. The summed E-state index contributed by atoms with van der Waals surface area (Å²) in [5.74, 6) is 0. The molecule has 1 saturated heterocycles. The molecule has 0 aromatic rings. The Morgan fingerprint density at radius 1 is 1.38 bits per heavy atom. The van der Waals surface area contributed by atoms with Crippen molar-refractivity contribution in [2.45, 2.75) is 26.7 Å². The Kier molecular flexibility index (Phi) is 3.47. The number of halogens is 1.